The second-order valence-electron chi connectivity index (χ2n) is 4.99. The van der Waals surface area contributed by atoms with Gasteiger partial charge in [0, 0.05) is 6.54 Å². The fourth-order valence-corrected chi connectivity index (χ4v) is 1.93. The first-order chi connectivity index (χ1) is 9.69. The van der Waals surface area contributed by atoms with Crippen molar-refractivity contribution in [2.45, 2.75) is 33.1 Å². The van der Waals surface area contributed by atoms with Gasteiger partial charge in [-0.05, 0) is 37.1 Å². The van der Waals surface area contributed by atoms with Gasteiger partial charge in [-0.3, -0.25) is 0 Å². The number of rotatable bonds is 6. The lowest BCUT2D eigenvalue weighted by atomic mass is 10.1. The number of hydrogen-bond donors (Lipinski definition) is 2. The third-order valence-electron chi connectivity index (χ3n) is 2.94. The van der Waals surface area contributed by atoms with E-state index in [9.17, 15) is 0 Å². The Morgan fingerprint density at radius 2 is 1.65 bits per heavy atom. The SMILES string of the molecule is CC(C)Oc1ccccc1NCc1ccc(CO)cc1. The monoisotopic (exact) mass is 271 g/mol. The van der Waals surface area contributed by atoms with Crippen molar-refractivity contribution in [3.05, 3.63) is 59.7 Å². The van der Waals surface area contributed by atoms with E-state index in [0.29, 0.717) is 0 Å². The second kappa shape index (κ2) is 6.96. The molecule has 0 atom stereocenters. The summed E-state index contributed by atoms with van der Waals surface area (Å²) in [6.45, 7) is 4.84. The molecule has 0 radical (unpaired) electrons. The average Bonchev–Trinajstić information content (AvgIpc) is 2.46. The molecule has 0 saturated heterocycles. The van der Waals surface area contributed by atoms with Crippen molar-refractivity contribution >= 4 is 5.69 Å². The summed E-state index contributed by atoms with van der Waals surface area (Å²) in [5.41, 5.74) is 3.09. The molecule has 0 saturated carbocycles. The minimum absolute atomic E-state index is 0.0821. The summed E-state index contributed by atoms with van der Waals surface area (Å²) in [7, 11) is 0. The topological polar surface area (TPSA) is 41.5 Å². The quantitative estimate of drug-likeness (QED) is 0.843. The van der Waals surface area contributed by atoms with Crippen LogP contribution in [0.4, 0.5) is 5.69 Å². The summed E-state index contributed by atoms with van der Waals surface area (Å²) in [5, 5.41) is 12.4. The Bertz CT molecular complexity index is 535. The third-order valence-corrected chi connectivity index (χ3v) is 2.94. The summed E-state index contributed by atoms with van der Waals surface area (Å²) >= 11 is 0. The van der Waals surface area contributed by atoms with E-state index in [1.54, 1.807) is 0 Å². The fourth-order valence-electron chi connectivity index (χ4n) is 1.93. The predicted molar refractivity (Wildman–Crippen MR) is 81.9 cm³/mol. The fraction of sp³-hybridized carbons (Fsp3) is 0.294. The first-order valence-corrected chi connectivity index (χ1v) is 6.87. The molecule has 2 aromatic carbocycles. The molecule has 0 aliphatic carbocycles. The van der Waals surface area contributed by atoms with Crippen molar-refractivity contribution < 1.29 is 9.84 Å². The van der Waals surface area contributed by atoms with Gasteiger partial charge in [0.05, 0.1) is 18.4 Å². The standard InChI is InChI=1S/C17H21NO2/c1-13(2)20-17-6-4-3-5-16(17)18-11-14-7-9-15(12-19)10-8-14/h3-10,13,18-19H,11-12H2,1-2H3. The summed E-state index contributed by atoms with van der Waals surface area (Å²) in [6, 6.07) is 15.9. The minimum Gasteiger partial charge on any atom is -0.489 e. The molecule has 3 heteroatoms. The molecule has 0 amide bonds. The van der Waals surface area contributed by atoms with E-state index < -0.39 is 0 Å². The molecule has 0 bridgehead atoms. The zero-order valence-electron chi connectivity index (χ0n) is 12.0. The van der Waals surface area contributed by atoms with Gasteiger partial charge >= 0.3 is 0 Å². The van der Waals surface area contributed by atoms with Crippen LogP contribution in [0.1, 0.15) is 25.0 Å². The molecular weight excluding hydrogens is 250 g/mol. The van der Waals surface area contributed by atoms with Gasteiger partial charge in [-0.1, -0.05) is 36.4 Å². The highest BCUT2D eigenvalue weighted by Crippen LogP contribution is 2.25. The lowest BCUT2D eigenvalue weighted by molar-refractivity contribution is 0.243. The molecule has 106 valence electrons. The van der Waals surface area contributed by atoms with E-state index in [1.807, 2.05) is 62.4 Å². The zero-order chi connectivity index (χ0) is 14.4. The number of aliphatic hydroxyl groups is 1. The van der Waals surface area contributed by atoms with Crippen LogP contribution in [0.2, 0.25) is 0 Å². The van der Waals surface area contributed by atoms with Crippen LogP contribution < -0.4 is 10.1 Å². The van der Waals surface area contributed by atoms with Gasteiger partial charge in [-0.15, -0.1) is 0 Å². The first-order valence-electron chi connectivity index (χ1n) is 6.87. The number of para-hydroxylation sites is 2. The van der Waals surface area contributed by atoms with Gasteiger partial charge < -0.3 is 15.2 Å². The molecule has 20 heavy (non-hydrogen) atoms. The predicted octanol–water partition coefficient (Wildman–Crippen LogP) is 3.58. The number of anilines is 1. The number of ether oxygens (including phenoxy) is 1. The van der Waals surface area contributed by atoms with Crippen LogP contribution in [-0.4, -0.2) is 11.2 Å². The molecule has 0 spiro atoms. The molecule has 0 fully saturated rings. The molecule has 2 aromatic rings. The summed E-state index contributed by atoms with van der Waals surface area (Å²) in [4.78, 5) is 0. The lowest BCUT2D eigenvalue weighted by Gasteiger charge is -2.15. The van der Waals surface area contributed by atoms with Gasteiger partial charge in [0.15, 0.2) is 0 Å². The smallest absolute Gasteiger partial charge is 0.142 e. The van der Waals surface area contributed by atoms with E-state index in [4.69, 9.17) is 9.84 Å². The maximum atomic E-state index is 9.02. The Balaban J connectivity index is 2.02. The minimum atomic E-state index is 0.0821. The Kier molecular flexibility index (Phi) is 5.02. The summed E-state index contributed by atoms with van der Waals surface area (Å²) in [6.07, 6.45) is 0.154. The van der Waals surface area contributed by atoms with Gasteiger partial charge in [0.1, 0.15) is 5.75 Å². The Labute approximate surface area is 120 Å². The molecule has 0 aliphatic heterocycles. The normalized spacial score (nSPS) is 10.6. The van der Waals surface area contributed by atoms with Crippen molar-refractivity contribution in [1.29, 1.82) is 0 Å². The Morgan fingerprint density at radius 1 is 1.00 bits per heavy atom. The maximum Gasteiger partial charge on any atom is 0.142 e. The number of nitrogens with one attached hydrogen (secondary N) is 1. The molecule has 2 rings (SSSR count). The molecule has 0 aromatic heterocycles. The van der Waals surface area contributed by atoms with Gasteiger partial charge in [-0.2, -0.15) is 0 Å². The number of aliphatic hydroxyl groups excluding tert-OH is 1. The van der Waals surface area contributed by atoms with E-state index in [2.05, 4.69) is 5.32 Å². The lowest BCUT2D eigenvalue weighted by Crippen LogP contribution is -2.08. The van der Waals surface area contributed by atoms with Crippen molar-refractivity contribution in [3.8, 4) is 5.75 Å². The third kappa shape index (κ3) is 4.00. The van der Waals surface area contributed by atoms with Crippen molar-refractivity contribution in [3.63, 3.8) is 0 Å². The van der Waals surface area contributed by atoms with E-state index in [0.717, 1.165) is 23.5 Å². The second-order valence-corrected chi connectivity index (χ2v) is 4.99. The van der Waals surface area contributed by atoms with E-state index in [-0.39, 0.29) is 12.7 Å². The highest BCUT2D eigenvalue weighted by atomic mass is 16.5. The van der Waals surface area contributed by atoms with Crippen LogP contribution in [0, 0.1) is 0 Å². The van der Waals surface area contributed by atoms with Crippen LogP contribution in [-0.2, 0) is 13.2 Å². The Hall–Kier alpha value is -2.00. The van der Waals surface area contributed by atoms with E-state index in [1.165, 1.54) is 5.56 Å². The van der Waals surface area contributed by atoms with Crippen molar-refractivity contribution in [2.75, 3.05) is 5.32 Å². The molecule has 0 heterocycles. The van der Waals surface area contributed by atoms with Crippen molar-refractivity contribution in [1.82, 2.24) is 0 Å². The highest BCUT2D eigenvalue weighted by Gasteiger charge is 2.04. The van der Waals surface area contributed by atoms with Crippen LogP contribution in [0.5, 0.6) is 5.75 Å². The van der Waals surface area contributed by atoms with Gasteiger partial charge in [0.2, 0.25) is 0 Å². The number of hydrogen-bond acceptors (Lipinski definition) is 3. The molecule has 0 unspecified atom stereocenters. The molecule has 0 aliphatic rings. The van der Waals surface area contributed by atoms with Crippen LogP contribution in [0.25, 0.3) is 0 Å². The van der Waals surface area contributed by atoms with Crippen LogP contribution in [0.15, 0.2) is 48.5 Å². The van der Waals surface area contributed by atoms with Gasteiger partial charge in [0.25, 0.3) is 0 Å². The largest absolute Gasteiger partial charge is 0.489 e. The van der Waals surface area contributed by atoms with Gasteiger partial charge in [-0.25, -0.2) is 0 Å². The average molecular weight is 271 g/mol. The molecule has 3 nitrogen and oxygen atoms in total. The summed E-state index contributed by atoms with van der Waals surface area (Å²) < 4.78 is 5.77. The van der Waals surface area contributed by atoms with Crippen molar-refractivity contribution in [2.24, 2.45) is 0 Å². The van der Waals surface area contributed by atoms with Crippen LogP contribution in [0.3, 0.4) is 0 Å². The van der Waals surface area contributed by atoms with E-state index >= 15 is 0 Å². The molecule has 2 N–H and O–H groups in total. The van der Waals surface area contributed by atoms with Crippen LogP contribution >= 0.6 is 0 Å². The molecular formula is C17H21NO2. The Morgan fingerprint density at radius 3 is 2.30 bits per heavy atom. The highest BCUT2D eigenvalue weighted by molar-refractivity contribution is 5.56. The number of benzene rings is 2. The zero-order valence-corrected chi connectivity index (χ0v) is 12.0. The summed E-state index contributed by atoms with van der Waals surface area (Å²) in [5.74, 6) is 0.870. The first kappa shape index (κ1) is 14.4. The maximum absolute atomic E-state index is 9.02.